The molecule has 5 heteroatoms. The van der Waals surface area contributed by atoms with Gasteiger partial charge in [-0.1, -0.05) is 6.92 Å². The molecule has 1 rings (SSSR count). The van der Waals surface area contributed by atoms with Gasteiger partial charge in [-0.25, -0.2) is 14.2 Å². The third-order valence-corrected chi connectivity index (χ3v) is 2.32. The van der Waals surface area contributed by atoms with E-state index in [0.29, 0.717) is 12.8 Å². The Bertz CT molecular complexity index is 454. The normalized spacial score (nSPS) is 11.6. The summed E-state index contributed by atoms with van der Waals surface area (Å²) in [6.45, 7) is 1.90. The minimum absolute atomic E-state index is 0.0769. The molecule has 0 spiro atoms. The van der Waals surface area contributed by atoms with Crippen LogP contribution in [0.1, 0.15) is 30.1 Å². The maximum Gasteiger partial charge on any atom is 0.338 e. The highest BCUT2D eigenvalue weighted by Crippen LogP contribution is 2.17. The Kier molecular flexibility index (Phi) is 4.46. The van der Waals surface area contributed by atoms with Crippen molar-refractivity contribution in [2.24, 2.45) is 0 Å². The minimum atomic E-state index is -1.32. The molecule has 0 fully saturated rings. The number of hydrogen-bond acceptors (Lipinski definition) is 3. The highest BCUT2D eigenvalue weighted by Gasteiger charge is 2.16. The Morgan fingerprint density at radius 2 is 2.47 bits per heavy atom. The SMILES string of the molecule is C#CCC(CC)Nc1nccc(C(=O)O)c1F. The maximum absolute atomic E-state index is 13.7. The second-order valence-electron chi connectivity index (χ2n) is 3.48. The maximum atomic E-state index is 13.7. The van der Waals surface area contributed by atoms with Gasteiger partial charge in [0.2, 0.25) is 0 Å². The summed E-state index contributed by atoms with van der Waals surface area (Å²) < 4.78 is 13.7. The topological polar surface area (TPSA) is 62.2 Å². The largest absolute Gasteiger partial charge is 0.478 e. The van der Waals surface area contributed by atoms with Crippen LogP contribution in [0.3, 0.4) is 0 Å². The van der Waals surface area contributed by atoms with Gasteiger partial charge in [0.15, 0.2) is 11.6 Å². The quantitative estimate of drug-likeness (QED) is 0.769. The van der Waals surface area contributed by atoms with Crippen molar-refractivity contribution in [3.63, 3.8) is 0 Å². The van der Waals surface area contributed by atoms with Gasteiger partial charge in [0, 0.05) is 18.7 Å². The molecule has 0 amide bonds. The van der Waals surface area contributed by atoms with Crippen LogP contribution < -0.4 is 5.32 Å². The first kappa shape index (κ1) is 13.0. The summed E-state index contributed by atoms with van der Waals surface area (Å²) in [6, 6.07) is 0.997. The van der Waals surface area contributed by atoms with Crippen LogP contribution in [0.15, 0.2) is 12.3 Å². The van der Waals surface area contributed by atoms with Gasteiger partial charge in [-0.15, -0.1) is 12.3 Å². The average molecular weight is 236 g/mol. The number of terminal acetylenes is 1. The number of carbonyl (C=O) groups is 1. The summed E-state index contributed by atoms with van der Waals surface area (Å²) in [7, 11) is 0. The lowest BCUT2D eigenvalue weighted by Crippen LogP contribution is -2.20. The van der Waals surface area contributed by atoms with Crippen LogP contribution >= 0.6 is 0 Å². The Morgan fingerprint density at radius 3 is 3.00 bits per heavy atom. The summed E-state index contributed by atoms with van der Waals surface area (Å²) in [4.78, 5) is 14.5. The number of nitrogens with one attached hydrogen (secondary N) is 1. The van der Waals surface area contributed by atoms with Crippen LogP contribution in [0.2, 0.25) is 0 Å². The Labute approximate surface area is 98.9 Å². The fourth-order valence-corrected chi connectivity index (χ4v) is 1.34. The number of pyridine rings is 1. The van der Waals surface area contributed by atoms with E-state index in [4.69, 9.17) is 11.5 Å². The Balaban J connectivity index is 2.95. The molecule has 0 aliphatic carbocycles. The van der Waals surface area contributed by atoms with Gasteiger partial charge in [-0.05, 0) is 12.5 Å². The zero-order chi connectivity index (χ0) is 12.8. The molecule has 0 saturated heterocycles. The van der Waals surface area contributed by atoms with Crippen molar-refractivity contribution in [1.82, 2.24) is 4.98 Å². The van der Waals surface area contributed by atoms with Crippen molar-refractivity contribution in [3.8, 4) is 12.3 Å². The fourth-order valence-electron chi connectivity index (χ4n) is 1.34. The van der Waals surface area contributed by atoms with E-state index in [1.54, 1.807) is 0 Å². The molecule has 0 bridgehead atoms. The first-order valence-corrected chi connectivity index (χ1v) is 5.18. The molecule has 17 heavy (non-hydrogen) atoms. The van der Waals surface area contributed by atoms with Crippen molar-refractivity contribution < 1.29 is 14.3 Å². The Hall–Kier alpha value is -2.09. The molecule has 2 N–H and O–H groups in total. The standard InChI is InChI=1S/C12H13FN2O2/c1-3-5-8(4-2)15-11-10(13)9(12(16)17)6-7-14-11/h1,6-8H,4-5H2,2H3,(H,14,15)(H,16,17). The average Bonchev–Trinajstić information content (AvgIpc) is 2.30. The summed E-state index contributed by atoms with van der Waals surface area (Å²) >= 11 is 0. The molecule has 90 valence electrons. The monoisotopic (exact) mass is 236 g/mol. The number of aromatic nitrogens is 1. The van der Waals surface area contributed by atoms with Gasteiger partial charge in [0.05, 0.1) is 0 Å². The molecule has 1 aromatic rings. The van der Waals surface area contributed by atoms with Crippen LogP contribution in [0, 0.1) is 18.2 Å². The fraction of sp³-hybridized carbons (Fsp3) is 0.333. The predicted molar refractivity (Wildman–Crippen MR) is 62.3 cm³/mol. The van der Waals surface area contributed by atoms with Crippen LogP contribution in [-0.4, -0.2) is 22.1 Å². The molecule has 0 radical (unpaired) electrons. The molecule has 0 aromatic carbocycles. The van der Waals surface area contributed by atoms with Gasteiger partial charge in [0.1, 0.15) is 5.56 Å². The summed E-state index contributed by atoms with van der Waals surface area (Å²) in [6.07, 6.45) is 7.55. The molecular formula is C12H13FN2O2. The number of rotatable bonds is 5. The lowest BCUT2D eigenvalue weighted by atomic mass is 10.1. The van der Waals surface area contributed by atoms with E-state index >= 15 is 0 Å². The van der Waals surface area contributed by atoms with Crippen molar-refractivity contribution in [2.45, 2.75) is 25.8 Å². The van der Waals surface area contributed by atoms with Crippen molar-refractivity contribution in [2.75, 3.05) is 5.32 Å². The Morgan fingerprint density at radius 1 is 1.76 bits per heavy atom. The number of nitrogens with zero attached hydrogens (tertiary/aromatic N) is 1. The predicted octanol–water partition coefficient (Wildman–Crippen LogP) is 2.13. The van der Waals surface area contributed by atoms with Crippen molar-refractivity contribution in [3.05, 3.63) is 23.6 Å². The lowest BCUT2D eigenvalue weighted by Gasteiger charge is -2.15. The van der Waals surface area contributed by atoms with Gasteiger partial charge in [0.25, 0.3) is 0 Å². The van der Waals surface area contributed by atoms with E-state index in [0.717, 1.165) is 6.07 Å². The molecule has 0 aliphatic heterocycles. The first-order chi connectivity index (χ1) is 8.10. The molecule has 1 heterocycles. The van der Waals surface area contributed by atoms with Gasteiger partial charge in [-0.3, -0.25) is 0 Å². The molecule has 1 aromatic heterocycles. The van der Waals surface area contributed by atoms with E-state index < -0.39 is 17.3 Å². The van der Waals surface area contributed by atoms with E-state index in [1.165, 1.54) is 6.20 Å². The third-order valence-electron chi connectivity index (χ3n) is 2.32. The van der Waals surface area contributed by atoms with Crippen molar-refractivity contribution in [1.29, 1.82) is 0 Å². The highest BCUT2D eigenvalue weighted by molar-refractivity contribution is 5.88. The summed E-state index contributed by atoms with van der Waals surface area (Å²) in [5, 5.41) is 11.6. The van der Waals surface area contributed by atoms with Crippen LogP contribution in [0.5, 0.6) is 0 Å². The smallest absolute Gasteiger partial charge is 0.338 e. The number of anilines is 1. The molecule has 0 saturated carbocycles. The second-order valence-corrected chi connectivity index (χ2v) is 3.48. The lowest BCUT2D eigenvalue weighted by molar-refractivity contribution is 0.0692. The van der Waals surface area contributed by atoms with E-state index in [9.17, 15) is 9.18 Å². The van der Waals surface area contributed by atoms with E-state index in [1.807, 2.05) is 6.92 Å². The summed E-state index contributed by atoms with van der Waals surface area (Å²) in [5.74, 6) is 0.203. The molecule has 1 unspecified atom stereocenters. The van der Waals surface area contributed by atoms with Gasteiger partial charge >= 0.3 is 5.97 Å². The second kappa shape index (κ2) is 5.85. The third kappa shape index (κ3) is 3.18. The molecule has 0 aliphatic rings. The number of carboxylic acid groups (broad SMARTS) is 1. The zero-order valence-corrected chi connectivity index (χ0v) is 9.40. The van der Waals surface area contributed by atoms with Gasteiger partial charge in [-0.2, -0.15) is 0 Å². The minimum Gasteiger partial charge on any atom is -0.478 e. The van der Waals surface area contributed by atoms with Gasteiger partial charge < -0.3 is 10.4 Å². The number of carboxylic acids is 1. The molecule has 1 atom stereocenters. The highest BCUT2D eigenvalue weighted by atomic mass is 19.1. The molecular weight excluding hydrogens is 223 g/mol. The van der Waals surface area contributed by atoms with E-state index in [-0.39, 0.29) is 11.9 Å². The number of halogens is 1. The van der Waals surface area contributed by atoms with Crippen molar-refractivity contribution >= 4 is 11.8 Å². The number of hydrogen-bond donors (Lipinski definition) is 2. The molecule has 4 nitrogen and oxygen atoms in total. The first-order valence-electron chi connectivity index (χ1n) is 5.18. The van der Waals surface area contributed by atoms with Crippen LogP contribution in [-0.2, 0) is 0 Å². The van der Waals surface area contributed by atoms with E-state index in [2.05, 4.69) is 16.2 Å². The summed E-state index contributed by atoms with van der Waals surface area (Å²) in [5.41, 5.74) is -0.405. The van der Waals surface area contributed by atoms with Crippen LogP contribution in [0.25, 0.3) is 0 Å². The number of aromatic carboxylic acids is 1. The van der Waals surface area contributed by atoms with Crippen LogP contribution in [0.4, 0.5) is 10.2 Å². The zero-order valence-electron chi connectivity index (χ0n) is 9.40.